The number of ether oxygens (including phenoxy) is 2. The van der Waals surface area contributed by atoms with E-state index in [1.54, 1.807) is 22.6 Å². The fourth-order valence-corrected chi connectivity index (χ4v) is 1.45. The van der Waals surface area contributed by atoms with E-state index >= 15 is 0 Å². The molecule has 0 bridgehead atoms. The molecule has 0 fully saturated rings. The van der Waals surface area contributed by atoms with Gasteiger partial charge in [0.1, 0.15) is 5.69 Å². The van der Waals surface area contributed by atoms with E-state index in [9.17, 15) is 18.0 Å². The highest BCUT2D eigenvalue weighted by molar-refractivity contribution is 14.1. The molecule has 0 saturated carbocycles. The normalized spacial score (nSPS) is 11.1. The molecular weight excluding hydrogens is 342 g/mol. The molecule has 1 aromatic rings. The molecule has 88 valence electrons. The van der Waals surface area contributed by atoms with Crippen molar-refractivity contribution in [1.29, 1.82) is 0 Å². The third-order valence-electron chi connectivity index (χ3n) is 1.51. The van der Waals surface area contributed by atoms with Crippen molar-refractivity contribution in [2.24, 2.45) is 0 Å². The van der Waals surface area contributed by atoms with Gasteiger partial charge in [0.15, 0.2) is 17.8 Å². The predicted molar refractivity (Wildman–Crippen MR) is 55.6 cm³/mol. The molecule has 0 aliphatic rings. The van der Waals surface area contributed by atoms with Crippen molar-refractivity contribution in [3.8, 4) is 11.5 Å². The van der Waals surface area contributed by atoms with E-state index in [0.29, 0.717) is 0 Å². The van der Waals surface area contributed by atoms with Gasteiger partial charge in [-0.25, -0.2) is 4.98 Å². The van der Waals surface area contributed by atoms with Crippen LogP contribution in [0.1, 0.15) is 10.5 Å². The number of aromatic nitrogens is 1. The number of aldehydes is 1. The maximum atomic E-state index is 12.1. The van der Waals surface area contributed by atoms with Gasteiger partial charge in [0.25, 0.3) is 0 Å². The van der Waals surface area contributed by atoms with Crippen molar-refractivity contribution < 1.29 is 27.4 Å². The summed E-state index contributed by atoms with van der Waals surface area (Å²) in [4.78, 5) is 14.1. The van der Waals surface area contributed by atoms with Crippen LogP contribution in [0.2, 0.25) is 0 Å². The molecule has 0 atom stereocenters. The number of halogens is 4. The van der Waals surface area contributed by atoms with E-state index in [4.69, 9.17) is 0 Å². The zero-order chi connectivity index (χ0) is 12.3. The molecule has 1 aromatic heterocycles. The van der Waals surface area contributed by atoms with Crippen LogP contribution in [0.15, 0.2) is 6.20 Å². The Morgan fingerprint density at radius 1 is 1.44 bits per heavy atom. The maximum absolute atomic E-state index is 12.1. The first-order valence-corrected chi connectivity index (χ1v) is 4.90. The predicted octanol–water partition coefficient (Wildman–Crippen LogP) is 2.41. The lowest BCUT2D eigenvalue weighted by molar-refractivity contribution is -0.275. The minimum absolute atomic E-state index is 0.0948. The molecule has 8 heteroatoms. The molecule has 0 saturated heterocycles. The summed E-state index contributed by atoms with van der Waals surface area (Å²) < 4.78 is 44.8. The van der Waals surface area contributed by atoms with Crippen LogP contribution in [0.3, 0.4) is 0 Å². The molecule has 16 heavy (non-hydrogen) atoms. The number of carbonyl (C=O) groups is 1. The first-order valence-electron chi connectivity index (χ1n) is 3.82. The van der Waals surface area contributed by atoms with Gasteiger partial charge >= 0.3 is 6.36 Å². The summed E-state index contributed by atoms with van der Waals surface area (Å²) in [6.07, 6.45) is -3.47. The number of hydrogen-bond donors (Lipinski definition) is 0. The molecule has 0 spiro atoms. The van der Waals surface area contributed by atoms with Gasteiger partial charge in [-0.05, 0) is 22.6 Å². The average molecular weight is 347 g/mol. The maximum Gasteiger partial charge on any atom is 0.573 e. The van der Waals surface area contributed by atoms with E-state index in [-0.39, 0.29) is 21.3 Å². The van der Waals surface area contributed by atoms with Crippen LogP contribution in [-0.2, 0) is 0 Å². The number of hydrogen-bond acceptors (Lipinski definition) is 4. The van der Waals surface area contributed by atoms with E-state index in [1.807, 2.05) is 0 Å². The number of methoxy groups -OCH3 is 1. The van der Waals surface area contributed by atoms with E-state index < -0.39 is 12.1 Å². The Labute approximate surface area is 102 Å². The molecule has 0 unspecified atom stereocenters. The van der Waals surface area contributed by atoms with Crippen LogP contribution >= 0.6 is 22.6 Å². The summed E-state index contributed by atoms with van der Waals surface area (Å²) in [6, 6.07) is 0. The molecule has 0 aliphatic carbocycles. The molecule has 4 nitrogen and oxygen atoms in total. The smallest absolute Gasteiger partial charge is 0.491 e. The monoisotopic (exact) mass is 347 g/mol. The Bertz CT molecular complexity index is 408. The quantitative estimate of drug-likeness (QED) is 0.623. The lowest BCUT2D eigenvalue weighted by Crippen LogP contribution is -2.19. The van der Waals surface area contributed by atoms with E-state index in [2.05, 4.69) is 14.5 Å². The third kappa shape index (κ3) is 2.97. The van der Waals surface area contributed by atoms with Crippen LogP contribution in [0.25, 0.3) is 0 Å². The molecule has 0 N–H and O–H groups in total. The van der Waals surface area contributed by atoms with Crippen LogP contribution < -0.4 is 9.47 Å². The van der Waals surface area contributed by atoms with Crippen molar-refractivity contribution in [2.75, 3.05) is 7.11 Å². The third-order valence-corrected chi connectivity index (χ3v) is 2.27. The van der Waals surface area contributed by atoms with Crippen LogP contribution in [0.4, 0.5) is 13.2 Å². The minimum atomic E-state index is -4.85. The van der Waals surface area contributed by atoms with Crippen LogP contribution in [-0.4, -0.2) is 24.7 Å². The fraction of sp³-hybridized carbons (Fsp3) is 0.250. The van der Waals surface area contributed by atoms with Crippen molar-refractivity contribution in [3.05, 3.63) is 15.5 Å². The Kier molecular flexibility index (Phi) is 3.94. The van der Waals surface area contributed by atoms with Gasteiger partial charge in [0.05, 0.1) is 10.7 Å². The molecule has 0 aliphatic heterocycles. The van der Waals surface area contributed by atoms with Crippen molar-refractivity contribution in [3.63, 3.8) is 0 Å². The van der Waals surface area contributed by atoms with Crippen LogP contribution in [0, 0.1) is 3.57 Å². The van der Waals surface area contributed by atoms with Crippen molar-refractivity contribution >= 4 is 28.9 Å². The standard InChI is InChI=1S/C8H5F3INO3/c1-15-7-5(3-14)13-2-4(12)6(7)16-8(9,10)11/h2-3H,1H3. The zero-order valence-electron chi connectivity index (χ0n) is 7.84. The summed E-state index contributed by atoms with van der Waals surface area (Å²) in [7, 11) is 1.13. The van der Waals surface area contributed by atoms with Gasteiger partial charge in [-0.15, -0.1) is 13.2 Å². The number of carbonyl (C=O) groups excluding carboxylic acids is 1. The average Bonchev–Trinajstić information content (AvgIpc) is 2.19. The molecule has 1 rings (SSSR count). The Morgan fingerprint density at radius 2 is 2.06 bits per heavy atom. The summed E-state index contributed by atoms with van der Waals surface area (Å²) >= 11 is 1.60. The van der Waals surface area contributed by atoms with Crippen molar-refractivity contribution in [1.82, 2.24) is 4.98 Å². The highest BCUT2D eigenvalue weighted by Gasteiger charge is 2.34. The Balaban J connectivity index is 3.29. The van der Waals surface area contributed by atoms with Gasteiger partial charge < -0.3 is 9.47 Å². The zero-order valence-corrected chi connectivity index (χ0v) is 10.00. The summed E-state index contributed by atoms with van der Waals surface area (Å²) in [5, 5.41) is 0. The van der Waals surface area contributed by atoms with Gasteiger partial charge in [-0.2, -0.15) is 0 Å². The topological polar surface area (TPSA) is 48.4 Å². The number of nitrogens with zero attached hydrogens (tertiary/aromatic N) is 1. The lowest BCUT2D eigenvalue weighted by atomic mass is 10.3. The molecule has 1 heterocycles. The second kappa shape index (κ2) is 4.85. The highest BCUT2D eigenvalue weighted by atomic mass is 127. The van der Waals surface area contributed by atoms with Crippen LogP contribution in [0.5, 0.6) is 11.5 Å². The number of pyridine rings is 1. The minimum Gasteiger partial charge on any atom is -0.491 e. The van der Waals surface area contributed by atoms with E-state index in [1.165, 1.54) is 0 Å². The summed E-state index contributed by atoms with van der Waals surface area (Å²) in [5.41, 5.74) is -0.248. The van der Waals surface area contributed by atoms with Gasteiger partial charge in [-0.1, -0.05) is 0 Å². The van der Waals surface area contributed by atoms with E-state index in [0.717, 1.165) is 13.3 Å². The molecule has 0 aromatic carbocycles. The second-order valence-corrected chi connectivity index (χ2v) is 3.68. The molecule has 0 amide bonds. The first-order chi connectivity index (χ1) is 7.39. The van der Waals surface area contributed by atoms with Gasteiger partial charge in [0, 0.05) is 6.20 Å². The molecule has 0 radical (unpaired) electrons. The van der Waals surface area contributed by atoms with Gasteiger partial charge in [0.2, 0.25) is 0 Å². The lowest BCUT2D eigenvalue weighted by Gasteiger charge is -2.14. The molecular formula is C8H5F3INO3. The second-order valence-electron chi connectivity index (χ2n) is 2.52. The van der Waals surface area contributed by atoms with Crippen molar-refractivity contribution in [2.45, 2.75) is 6.36 Å². The SMILES string of the molecule is COc1c(C=O)ncc(I)c1OC(F)(F)F. The largest absolute Gasteiger partial charge is 0.573 e. The first kappa shape index (κ1) is 13.0. The summed E-state index contributed by atoms with van der Waals surface area (Å²) in [5.74, 6) is -0.896. The Morgan fingerprint density at radius 3 is 2.50 bits per heavy atom. The Hall–Kier alpha value is -1.06. The number of rotatable bonds is 3. The highest BCUT2D eigenvalue weighted by Crippen LogP contribution is 2.37. The van der Waals surface area contributed by atoms with Gasteiger partial charge in [-0.3, -0.25) is 4.79 Å². The fourth-order valence-electron chi connectivity index (χ4n) is 0.960. The number of alkyl halides is 3. The summed E-state index contributed by atoms with van der Waals surface area (Å²) in [6.45, 7) is 0.